The van der Waals surface area contributed by atoms with E-state index in [4.69, 9.17) is 12.2 Å². The van der Waals surface area contributed by atoms with Gasteiger partial charge in [0.25, 0.3) is 0 Å². The molecule has 0 radical (unpaired) electrons. The lowest BCUT2D eigenvalue weighted by molar-refractivity contribution is 0.622. The van der Waals surface area contributed by atoms with Gasteiger partial charge in [0.2, 0.25) is 0 Å². The van der Waals surface area contributed by atoms with E-state index in [0.717, 1.165) is 26.9 Å². The predicted octanol–water partition coefficient (Wildman–Crippen LogP) is 5.04. The van der Waals surface area contributed by atoms with Gasteiger partial charge in [-0.25, -0.2) is 9.37 Å². The van der Waals surface area contributed by atoms with Crippen LogP contribution in [-0.2, 0) is 0 Å². The van der Waals surface area contributed by atoms with Gasteiger partial charge in [-0.05, 0) is 59.1 Å². The molecule has 2 aromatic carbocycles. The summed E-state index contributed by atoms with van der Waals surface area (Å²) in [5.74, 6) is -0.246. The van der Waals surface area contributed by atoms with Crippen molar-refractivity contribution in [2.75, 3.05) is 0 Å². The average Bonchev–Trinajstić information content (AvgIpc) is 3.02. The molecule has 7 heteroatoms. The summed E-state index contributed by atoms with van der Waals surface area (Å²) in [5, 5.41) is 0. The molecule has 0 unspecified atom stereocenters. The number of aromatic amines is 1. The molecule has 0 saturated carbocycles. The number of imidazole rings is 1. The van der Waals surface area contributed by atoms with E-state index in [0.29, 0.717) is 8.34 Å². The third-order valence-electron chi connectivity index (χ3n) is 3.30. The molecule has 0 bridgehead atoms. The second-order valence-corrected chi connectivity index (χ2v) is 6.99. The quantitative estimate of drug-likeness (QED) is 0.341. The molecule has 0 aliphatic carbocycles. The molecule has 104 valence electrons. The van der Waals surface area contributed by atoms with Crippen molar-refractivity contribution in [2.45, 2.75) is 0 Å². The Morgan fingerprint density at radius 1 is 1.29 bits per heavy atom. The number of hydrogen-bond acceptors (Lipinski definition) is 3. The normalized spacial score (nSPS) is 11.5. The molecule has 0 amide bonds. The zero-order valence-corrected chi connectivity index (χ0v) is 14.2. The monoisotopic (exact) mass is 427 g/mol. The van der Waals surface area contributed by atoms with Crippen molar-refractivity contribution >= 4 is 67.4 Å². The van der Waals surface area contributed by atoms with E-state index < -0.39 is 0 Å². The van der Waals surface area contributed by atoms with Crippen LogP contribution in [0.2, 0.25) is 0 Å². The van der Waals surface area contributed by atoms with Crippen LogP contribution in [-0.4, -0.2) is 14.5 Å². The molecule has 2 heterocycles. The maximum absolute atomic E-state index is 13.9. The molecule has 1 N–H and O–H groups in total. The van der Waals surface area contributed by atoms with Crippen molar-refractivity contribution < 1.29 is 4.39 Å². The lowest BCUT2D eigenvalue weighted by Crippen LogP contribution is -1.94. The van der Waals surface area contributed by atoms with Gasteiger partial charge in [-0.1, -0.05) is 0 Å². The average molecular weight is 427 g/mol. The number of hydrogen-bond donors (Lipinski definition) is 1. The molecule has 0 spiro atoms. The van der Waals surface area contributed by atoms with Crippen molar-refractivity contribution in [3.8, 4) is 5.69 Å². The summed E-state index contributed by atoms with van der Waals surface area (Å²) in [6.45, 7) is 0. The number of halogens is 2. The number of nitrogens with zero attached hydrogens (tertiary/aromatic N) is 2. The Morgan fingerprint density at radius 2 is 2.14 bits per heavy atom. The number of aromatic nitrogens is 3. The summed E-state index contributed by atoms with van der Waals surface area (Å²) < 4.78 is 17.9. The van der Waals surface area contributed by atoms with Crippen LogP contribution in [0, 0.1) is 14.2 Å². The first-order valence-electron chi connectivity index (χ1n) is 6.07. The van der Waals surface area contributed by atoms with Gasteiger partial charge >= 0.3 is 0 Å². The predicted molar refractivity (Wildman–Crippen MR) is 94.3 cm³/mol. The molecule has 21 heavy (non-hydrogen) atoms. The summed E-state index contributed by atoms with van der Waals surface area (Å²) in [4.78, 5) is 7.40. The van der Waals surface area contributed by atoms with Crippen LogP contribution in [0.15, 0.2) is 35.8 Å². The standard InChI is InChI=1S/C14H7FIN3S2/c15-8-4-12-11(5-9(8)16)18-14(20)19(12)7-1-2-10-13(3-7)21-6-17-10/h1-6H,(H,18,20). The minimum Gasteiger partial charge on any atom is -0.330 e. The van der Waals surface area contributed by atoms with Gasteiger partial charge in [0, 0.05) is 11.8 Å². The summed E-state index contributed by atoms with van der Waals surface area (Å²) >= 11 is 8.94. The van der Waals surface area contributed by atoms with E-state index >= 15 is 0 Å². The Labute approximate surface area is 141 Å². The molecule has 0 saturated heterocycles. The number of thiazole rings is 1. The van der Waals surface area contributed by atoms with Crippen molar-refractivity contribution in [1.82, 2.24) is 14.5 Å². The van der Waals surface area contributed by atoms with Crippen LogP contribution in [0.4, 0.5) is 4.39 Å². The van der Waals surface area contributed by atoms with Gasteiger partial charge in [-0.15, -0.1) is 11.3 Å². The third-order valence-corrected chi connectivity index (χ3v) is 5.20. The smallest absolute Gasteiger partial charge is 0.182 e. The highest BCUT2D eigenvalue weighted by molar-refractivity contribution is 14.1. The Kier molecular flexibility index (Phi) is 3.09. The molecule has 4 rings (SSSR count). The number of H-pyrrole nitrogens is 1. The van der Waals surface area contributed by atoms with Crippen LogP contribution in [0.1, 0.15) is 0 Å². The Balaban J connectivity index is 2.06. The highest BCUT2D eigenvalue weighted by Crippen LogP contribution is 2.26. The van der Waals surface area contributed by atoms with Crippen molar-refractivity contribution in [3.05, 3.63) is 50.0 Å². The van der Waals surface area contributed by atoms with E-state index in [1.54, 1.807) is 17.4 Å². The largest absolute Gasteiger partial charge is 0.330 e. The first kappa shape index (κ1) is 13.4. The van der Waals surface area contributed by atoms with Gasteiger partial charge in [0.15, 0.2) is 4.77 Å². The molecule has 0 aliphatic heterocycles. The maximum atomic E-state index is 13.9. The number of fused-ring (bicyclic) bond motifs is 2. The first-order chi connectivity index (χ1) is 10.1. The molecule has 4 aromatic rings. The zero-order chi connectivity index (χ0) is 14.6. The van der Waals surface area contributed by atoms with Crippen LogP contribution in [0.25, 0.3) is 26.9 Å². The van der Waals surface area contributed by atoms with Crippen molar-refractivity contribution in [2.24, 2.45) is 0 Å². The second-order valence-electron chi connectivity index (χ2n) is 4.55. The molecular weight excluding hydrogens is 420 g/mol. The molecule has 3 nitrogen and oxygen atoms in total. The maximum Gasteiger partial charge on any atom is 0.182 e. The van der Waals surface area contributed by atoms with Crippen LogP contribution < -0.4 is 0 Å². The Bertz CT molecular complexity index is 1050. The van der Waals surface area contributed by atoms with Gasteiger partial charge in [0.1, 0.15) is 5.82 Å². The molecule has 0 aliphatic rings. The highest BCUT2D eigenvalue weighted by Gasteiger charge is 2.11. The minimum absolute atomic E-state index is 0.246. The van der Waals surface area contributed by atoms with Crippen LogP contribution >= 0.6 is 46.1 Å². The second kappa shape index (κ2) is 4.85. The third kappa shape index (κ3) is 2.11. The van der Waals surface area contributed by atoms with Gasteiger partial charge < -0.3 is 4.98 Å². The fraction of sp³-hybridized carbons (Fsp3) is 0. The fourth-order valence-electron chi connectivity index (χ4n) is 2.34. The number of nitrogens with one attached hydrogen (secondary N) is 1. The number of rotatable bonds is 1. The SMILES string of the molecule is Fc1cc2c(cc1I)[nH]c(=S)n2-c1ccc2ncsc2c1. The molecule has 0 atom stereocenters. The first-order valence-corrected chi connectivity index (χ1v) is 8.43. The van der Waals surface area contributed by atoms with Crippen molar-refractivity contribution in [3.63, 3.8) is 0 Å². The van der Waals surface area contributed by atoms with Crippen LogP contribution in [0.5, 0.6) is 0 Å². The molecule has 0 fully saturated rings. The summed E-state index contributed by atoms with van der Waals surface area (Å²) in [5.41, 5.74) is 5.24. The van der Waals surface area contributed by atoms with E-state index in [9.17, 15) is 4.39 Å². The van der Waals surface area contributed by atoms with Gasteiger partial charge in [-0.2, -0.15) is 0 Å². The lowest BCUT2D eigenvalue weighted by Gasteiger charge is -2.05. The highest BCUT2D eigenvalue weighted by atomic mass is 127. The van der Waals surface area contributed by atoms with Crippen LogP contribution in [0.3, 0.4) is 0 Å². The van der Waals surface area contributed by atoms with E-state index in [1.165, 1.54) is 6.07 Å². The fourth-order valence-corrected chi connectivity index (χ4v) is 3.83. The van der Waals surface area contributed by atoms with Gasteiger partial charge in [0.05, 0.1) is 30.3 Å². The van der Waals surface area contributed by atoms with E-state index in [2.05, 4.69) is 9.97 Å². The zero-order valence-electron chi connectivity index (χ0n) is 10.4. The lowest BCUT2D eigenvalue weighted by atomic mass is 10.2. The van der Waals surface area contributed by atoms with Gasteiger partial charge in [-0.3, -0.25) is 4.57 Å². The Hall–Kier alpha value is -1.32. The summed E-state index contributed by atoms with van der Waals surface area (Å²) in [6, 6.07) is 9.20. The minimum atomic E-state index is -0.246. The van der Waals surface area contributed by atoms with E-state index in [1.807, 2.05) is 50.9 Å². The summed E-state index contributed by atoms with van der Waals surface area (Å²) in [6.07, 6.45) is 0. The van der Waals surface area contributed by atoms with Crippen molar-refractivity contribution in [1.29, 1.82) is 0 Å². The van der Waals surface area contributed by atoms with E-state index in [-0.39, 0.29) is 5.82 Å². The number of benzene rings is 2. The summed E-state index contributed by atoms with van der Waals surface area (Å²) in [7, 11) is 0. The Morgan fingerprint density at radius 3 is 3.00 bits per heavy atom. The topological polar surface area (TPSA) is 33.6 Å². The molecule has 2 aromatic heterocycles. The molecular formula is C14H7FIN3S2.